The number of alkyl carbamates (subject to hydrolysis) is 1. The lowest BCUT2D eigenvalue weighted by Crippen LogP contribution is -2.46. The van der Waals surface area contributed by atoms with Crippen LogP contribution in [0.3, 0.4) is 0 Å². The molecule has 1 aliphatic rings. The summed E-state index contributed by atoms with van der Waals surface area (Å²) in [6.07, 6.45) is 6.26. The van der Waals surface area contributed by atoms with E-state index in [1.807, 2.05) is 66.4 Å². The second-order valence-electron chi connectivity index (χ2n) is 10.9. The SMILES string of the molecule is C=C/C=C(\C=C)COC(=O)NCC#Cc1cccc(CN(C(=O)c2ccc(C)cc2)C2CCN(Cc3ccccc3)CC2)c1. The van der Waals surface area contributed by atoms with Crippen LogP contribution in [0.1, 0.15) is 45.5 Å². The van der Waals surface area contributed by atoms with Crippen molar-refractivity contribution in [3.8, 4) is 11.8 Å². The molecule has 0 saturated carbocycles. The predicted octanol–water partition coefficient (Wildman–Crippen LogP) is 6.68. The number of ether oxygens (including phenoxy) is 1. The van der Waals surface area contributed by atoms with Gasteiger partial charge in [-0.25, -0.2) is 4.79 Å². The number of amides is 2. The van der Waals surface area contributed by atoms with Gasteiger partial charge in [0.1, 0.15) is 6.61 Å². The summed E-state index contributed by atoms with van der Waals surface area (Å²) in [6.45, 7) is 12.9. The lowest BCUT2D eigenvalue weighted by Gasteiger charge is -2.39. The van der Waals surface area contributed by atoms with Gasteiger partial charge >= 0.3 is 6.09 Å². The summed E-state index contributed by atoms with van der Waals surface area (Å²) in [4.78, 5) is 30.4. The summed E-state index contributed by atoms with van der Waals surface area (Å²) in [5.74, 6) is 6.15. The third-order valence-electron chi connectivity index (χ3n) is 7.60. The lowest BCUT2D eigenvalue weighted by molar-refractivity contribution is 0.0542. The zero-order chi connectivity index (χ0) is 31.1. The Morgan fingerprint density at radius 1 is 1.00 bits per heavy atom. The molecule has 1 fully saturated rings. The molecule has 0 spiro atoms. The molecule has 44 heavy (non-hydrogen) atoms. The third-order valence-corrected chi connectivity index (χ3v) is 7.60. The average Bonchev–Trinajstić information content (AvgIpc) is 3.05. The van der Waals surface area contributed by atoms with E-state index in [-0.39, 0.29) is 25.1 Å². The van der Waals surface area contributed by atoms with Crippen molar-refractivity contribution in [2.24, 2.45) is 0 Å². The molecule has 6 heteroatoms. The first-order chi connectivity index (χ1) is 21.4. The number of benzene rings is 3. The van der Waals surface area contributed by atoms with E-state index in [1.54, 1.807) is 18.2 Å². The van der Waals surface area contributed by atoms with E-state index >= 15 is 0 Å². The fourth-order valence-electron chi connectivity index (χ4n) is 5.19. The first kappa shape index (κ1) is 32.1. The van der Waals surface area contributed by atoms with E-state index in [4.69, 9.17) is 4.74 Å². The number of carbonyl (C=O) groups excluding carboxylic acids is 2. The molecular weight excluding hydrogens is 546 g/mol. The lowest BCUT2D eigenvalue weighted by atomic mass is 9.99. The second kappa shape index (κ2) is 16.7. The molecule has 1 heterocycles. The highest BCUT2D eigenvalue weighted by molar-refractivity contribution is 5.94. The van der Waals surface area contributed by atoms with E-state index in [0.717, 1.165) is 54.7 Å². The molecule has 6 nitrogen and oxygen atoms in total. The van der Waals surface area contributed by atoms with Crippen LogP contribution in [0, 0.1) is 18.8 Å². The van der Waals surface area contributed by atoms with Crippen LogP contribution in [-0.2, 0) is 17.8 Å². The van der Waals surface area contributed by atoms with Crippen molar-refractivity contribution < 1.29 is 14.3 Å². The summed E-state index contributed by atoms with van der Waals surface area (Å²) in [5, 5.41) is 2.64. The fraction of sp³-hybridized carbons (Fsp3) is 0.263. The zero-order valence-corrected chi connectivity index (χ0v) is 25.5. The Hall–Kier alpha value is -4.86. The minimum atomic E-state index is -0.551. The van der Waals surface area contributed by atoms with Crippen LogP contribution in [0.4, 0.5) is 4.79 Å². The number of nitrogens with one attached hydrogen (secondary N) is 1. The van der Waals surface area contributed by atoms with Gasteiger partial charge in [-0.1, -0.05) is 103 Å². The van der Waals surface area contributed by atoms with E-state index in [0.29, 0.717) is 12.1 Å². The molecule has 3 aromatic carbocycles. The molecule has 0 radical (unpaired) electrons. The van der Waals surface area contributed by atoms with E-state index in [2.05, 4.69) is 59.5 Å². The summed E-state index contributed by atoms with van der Waals surface area (Å²) in [6, 6.07) is 26.4. The van der Waals surface area contributed by atoms with Gasteiger partial charge < -0.3 is 15.0 Å². The van der Waals surface area contributed by atoms with Gasteiger partial charge in [-0.15, -0.1) is 0 Å². The molecule has 0 aliphatic carbocycles. The highest BCUT2D eigenvalue weighted by Gasteiger charge is 2.29. The van der Waals surface area contributed by atoms with Crippen LogP contribution in [0.2, 0.25) is 0 Å². The van der Waals surface area contributed by atoms with Crippen molar-refractivity contribution in [1.29, 1.82) is 0 Å². The molecule has 0 aromatic heterocycles. The number of rotatable bonds is 11. The molecule has 0 unspecified atom stereocenters. The van der Waals surface area contributed by atoms with Crippen molar-refractivity contribution in [2.45, 2.75) is 38.9 Å². The van der Waals surface area contributed by atoms with Gasteiger partial charge in [0.15, 0.2) is 0 Å². The number of piperidine rings is 1. The maximum absolute atomic E-state index is 13.9. The van der Waals surface area contributed by atoms with Crippen molar-refractivity contribution in [3.05, 3.63) is 144 Å². The Labute approximate surface area is 261 Å². The predicted molar refractivity (Wildman–Crippen MR) is 177 cm³/mol. The van der Waals surface area contributed by atoms with Gasteiger partial charge in [0, 0.05) is 43.3 Å². The maximum Gasteiger partial charge on any atom is 0.408 e. The summed E-state index contributed by atoms with van der Waals surface area (Å²) < 4.78 is 5.18. The number of hydrogen-bond donors (Lipinski definition) is 1. The Bertz CT molecular complexity index is 1510. The van der Waals surface area contributed by atoms with Gasteiger partial charge in [-0.05, 0) is 60.7 Å². The maximum atomic E-state index is 13.9. The van der Waals surface area contributed by atoms with Crippen LogP contribution in [0.25, 0.3) is 0 Å². The molecule has 1 N–H and O–H groups in total. The molecule has 2 amide bonds. The van der Waals surface area contributed by atoms with Gasteiger partial charge in [0.25, 0.3) is 5.91 Å². The minimum Gasteiger partial charge on any atom is -0.445 e. The number of hydrogen-bond acceptors (Lipinski definition) is 4. The molecule has 1 saturated heterocycles. The summed E-state index contributed by atoms with van der Waals surface area (Å²) in [7, 11) is 0. The van der Waals surface area contributed by atoms with E-state index < -0.39 is 6.09 Å². The van der Waals surface area contributed by atoms with Crippen LogP contribution in [0.15, 0.2) is 116 Å². The number of nitrogens with zero attached hydrogens (tertiary/aromatic N) is 2. The Morgan fingerprint density at radius 2 is 1.73 bits per heavy atom. The summed E-state index contributed by atoms with van der Waals surface area (Å²) >= 11 is 0. The van der Waals surface area contributed by atoms with Gasteiger partial charge in [0.05, 0.1) is 6.54 Å². The quantitative estimate of drug-likeness (QED) is 0.201. The Morgan fingerprint density at radius 3 is 2.43 bits per heavy atom. The Balaban J connectivity index is 1.40. The Kier molecular flexibility index (Phi) is 12.2. The molecule has 226 valence electrons. The first-order valence-electron chi connectivity index (χ1n) is 15.0. The highest BCUT2D eigenvalue weighted by Crippen LogP contribution is 2.23. The van der Waals surface area contributed by atoms with Crippen molar-refractivity contribution in [1.82, 2.24) is 15.1 Å². The second-order valence-corrected chi connectivity index (χ2v) is 10.9. The van der Waals surface area contributed by atoms with Crippen molar-refractivity contribution >= 4 is 12.0 Å². The normalized spacial score (nSPS) is 13.7. The van der Waals surface area contributed by atoms with Crippen LogP contribution < -0.4 is 5.32 Å². The molecule has 4 rings (SSSR count). The summed E-state index contributed by atoms with van der Waals surface area (Å²) in [5.41, 5.74) is 5.74. The number of carbonyl (C=O) groups is 2. The van der Waals surface area contributed by atoms with Gasteiger partial charge in [0.2, 0.25) is 0 Å². The van der Waals surface area contributed by atoms with Gasteiger partial charge in [-0.2, -0.15) is 0 Å². The highest BCUT2D eigenvalue weighted by atomic mass is 16.5. The van der Waals surface area contributed by atoms with Crippen molar-refractivity contribution in [2.75, 3.05) is 26.2 Å². The zero-order valence-electron chi connectivity index (χ0n) is 25.5. The van der Waals surface area contributed by atoms with Crippen LogP contribution in [-0.4, -0.2) is 54.1 Å². The molecule has 0 bridgehead atoms. The molecular formula is C38H41N3O3. The standard InChI is InChI=1S/C38H41N3O3/c1-4-11-31(5-2)29-44-38(43)39-23-10-16-32-14-9-15-34(26-32)28-41(37(42)35-19-17-30(3)18-20-35)36-21-24-40(25-22-36)27-33-12-7-6-8-13-33/h4-9,11-15,17-20,26,36H,1-2,21-25,27-29H2,3H3,(H,39,43)/b31-11+. The number of aryl methyl sites for hydroxylation is 1. The topological polar surface area (TPSA) is 61.9 Å². The molecule has 1 aliphatic heterocycles. The van der Waals surface area contributed by atoms with Crippen LogP contribution >= 0.6 is 0 Å². The van der Waals surface area contributed by atoms with Crippen molar-refractivity contribution in [3.63, 3.8) is 0 Å². The number of allylic oxidation sites excluding steroid dienone is 2. The van der Waals surface area contributed by atoms with Gasteiger partial charge in [-0.3, -0.25) is 9.69 Å². The minimum absolute atomic E-state index is 0.0493. The molecule has 3 aromatic rings. The van der Waals surface area contributed by atoms with E-state index in [1.165, 1.54) is 5.56 Å². The molecule has 0 atom stereocenters. The largest absolute Gasteiger partial charge is 0.445 e. The van der Waals surface area contributed by atoms with E-state index in [9.17, 15) is 9.59 Å². The first-order valence-corrected chi connectivity index (χ1v) is 15.0. The average molecular weight is 588 g/mol. The van der Waals surface area contributed by atoms with Crippen LogP contribution in [0.5, 0.6) is 0 Å². The third kappa shape index (κ3) is 9.86. The fourth-order valence-corrected chi connectivity index (χ4v) is 5.19. The smallest absolute Gasteiger partial charge is 0.408 e. The monoisotopic (exact) mass is 587 g/mol. The number of likely N-dealkylation sites (tertiary alicyclic amines) is 1.